The molecule has 1 aliphatic rings. The first kappa shape index (κ1) is 10.2. The molecule has 0 saturated carbocycles. The molecule has 1 nitrogen and oxygen atoms in total. The molecule has 2 atom stereocenters. The standard InChI is InChI=1S/C12H16BrN/c1-2-12-10(7-8-14-12)9-5-3-4-6-11(9)13/h3-6,10,12,14H,2,7-8H2,1H3. The quantitative estimate of drug-likeness (QED) is 0.853. The van der Waals surface area contributed by atoms with Gasteiger partial charge >= 0.3 is 0 Å². The molecule has 2 rings (SSSR count). The summed E-state index contributed by atoms with van der Waals surface area (Å²) in [4.78, 5) is 0. The first-order valence-corrected chi connectivity index (χ1v) is 6.10. The molecule has 2 unspecified atom stereocenters. The van der Waals surface area contributed by atoms with Crippen molar-refractivity contribution in [3.8, 4) is 0 Å². The van der Waals surface area contributed by atoms with Crippen LogP contribution in [0.25, 0.3) is 0 Å². The van der Waals surface area contributed by atoms with Crippen LogP contribution in [0.3, 0.4) is 0 Å². The van der Waals surface area contributed by atoms with Crippen molar-refractivity contribution in [1.82, 2.24) is 5.32 Å². The largest absolute Gasteiger partial charge is 0.313 e. The second-order valence-corrected chi connectivity index (χ2v) is 4.74. The molecular weight excluding hydrogens is 238 g/mol. The Bertz CT molecular complexity index is 311. The normalized spacial score (nSPS) is 26.7. The van der Waals surface area contributed by atoms with Gasteiger partial charge in [0, 0.05) is 16.4 Å². The van der Waals surface area contributed by atoms with Crippen molar-refractivity contribution in [1.29, 1.82) is 0 Å². The van der Waals surface area contributed by atoms with E-state index in [0.717, 1.165) is 6.54 Å². The molecule has 1 aromatic carbocycles. The lowest BCUT2D eigenvalue weighted by molar-refractivity contribution is 0.530. The third-order valence-corrected chi connectivity index (χ3v) is 3.81. The minimum absolute atomic E-state index is 0.661. The number of nitrogens with one attached hydrogen (secondary N) is 1. The summed E-state index contributed by atoms with van der Waals surface area (Å²) < 4.78 is 1.26. The topological polar surface area (TPSA) is 12.0 Å². The second-order valence-electron chi connectivity index (χ2n) is 3.89. The maximum absolute atomic E-state index is 3.64. The minimum Gasteiger partial charge on any atom is -0.313 e. The molecule has 0 radical (unpaired) electrons. The van der Waals surface area contributed by atoms with Gasteiger partial charge in [0.1, 0.15) is 0 Å². The van der Waals surface area contributed by atoms with E-state index in [1.54, 1.807) is 0 Å². The van der Waals surface area contributed by atoms with Crippen molar-refractivity contribution in [3.63, 3.8) is 0 Å². The highest BCUT2D eigenvalue weighted by atomic mass is 79.9. The first-order valence-electron chi connectivity index (χ1n) is 5.30. The summed E-state index contributed by atoms with van der Waals surface area (Å²) in [5, 5.41) is 3.56. The fourth-order valence-electron chi connectivity index (χ4n) is 2.34. The average molecular weight is 254 g/mol. The Morgan fingerprint density at radius 3 is 2.93 bits per heavy atom. The van der Waals surface area contributed by atoms with Gasteiger partial charge in [0.05, 0.1) is 0 Å². The molecule has 14 heavy (non-hydrogen) atoms. The van der Waals surface area contributed by atoms with E-state index < -0.39 is 0 Å². The molecule has 76 valence electrons. The van der Waals surface area contributed by atoms with Gasteiger partial charge in [-0.25, -0.2) is 0 Å². The molecule has 1 saturated heterocycles. The highest BCUT2D eigenvalue weighted by Crippen LogP contribution is 2.33. The smallest absolute Gasteiger partial charge is 0.0210 e. The van der Waals surface area contributed by atoms with Crippen molar-refractivity contribution in [2.45, 2.75) is 31.7 Å². The van der Waals surface area contributed by atoms with Crippen LogP contribution in [0.5, 0.6) is 0 Å². The third-order valence-electron chi connectivity index (χ3n) is 3.09. The van der Waals surface area contributed by atoms with E-state index in [2.05, 4.69) is 52.4 Å². The van der Waals surface area contributed by atoms with Crippen LogP contribution in [-0.4, -0.2) is 12.6 Å². The predicted molar refractivity (Wildman–Crippen MR) is 63.6 cm³/mol. The van der Waals surface area contributed by atoms with Crippen LogP contribution < -0.4 is 5.32 Å². The Morgan fingerprint density at radius 2 is 2.21 bits per heavy atom. The maximum atomic E-state index is 3.64. The number of hydrogen-bond donors (Lipinski definition) is 1. The van der Waals surface area contributed by atoms with Crippen molar-refractivity contribution in [2.24, 2.45) is 0 Å². The predicted octanol–water partition coefficient (Wildman–Crippen LogP) is 3.30. The van der Waals surface area contributed by atoms with Crippen LogP contribution in [0, 0.1) is 0 Å². The summed E-state index contributed by atoms with van der Waals surface area (Å²) in [6.07, 6.45) is 2.48. The zero-order chi connectivity index (χ0) is 9.97. The number of benzene rings is 1. The second kappa shape index (κ2) is 4.45. The van der Waals surface area contributed by atoms with Crippen molar-refractivity contribution in [3.05, 3.63) is 34.3 Å². The van der Waals surface area contributed by atoms with Gasteiger partial charge in [-0.05, 0) is 31.0 Å². The van der Waals surface area contributed by atoms with E-state index in [-0.39, 0.29) is 0 Å². The lowest BCUT2D eigenvalue weighted by Crippen LogP contribution is -2.24. The summed E-state index contributed by atoms with van der Waals surface area (Å²) in [7, 11) is 0. The fraction of sp³-hybridized carbons (Fsp3) is 0.500. The van der Waals surface area contributed by atoms with Crippen molar-refractivity contribution < 1.29 is 0 Å². The molecule has 1 fully saturated rings. The highest BCUT2D eigenvalue weighted by molar-refractivity contribution is 9.10. The van der Waals surface area contributed by atoms with Crippen LogP contribution in [0.2, 0.25) is 0 Å². The first-order chi connectivity index (χ1) is 6.83. The van der Waals surface area contributed by atoms with E-state index in [1.807, 2.05) is 0 Å². The van der Waals surface area contributed by atoms with Gasteiger partial charge in [-0.2, -0.15) is 0 Å². The number of halogens is 1. The van der Waals surface area contributed by atoms with Crippen LogP contribution in [0.4, 0.5) is 0 Å². The molecular formula is C12H16BrN. The number of rotatable bonds is 2. The highest BCUT2D eigenvalue weighted by Gasteiger charge is 2.27. The summed E-state index contributed by atoms with van der Waals surface area (Å²) in [6, 6.07) is 9.25. The van der Waals surface area contributed by atoms with Gasteiger partial charge in [-0.3, -0.25) is 0 Å². The summed E-state index contributed by atoms with van der Waals surface area (Å²) in [5.74, 6) is 0.690. The van der Waals surface area contributed by atoms with E-state index in [9.17, 15) is 0 Å². The van der Waals surface area contributed by atoms with Crippen molar-refractivity contribution in [2.75, 3.05) is 6.54 Å². The molecule has 0 bridgehead atoms. The average Bonchev–Trinajstić information content (AvgIpc) is 2.66. The molecule has 1 aromatic rings. The van der Waals surface area contributed by atoms with E-state index in [0.29, 0.717) is 12.0 Å². The Morgan fingerprint density at radius 1 is 1.43 bits per heavy atom. The zero-order valence-corrected chi connectivity index (χ0v) is 10.0. The van der Waals surface area contributed by atoms with Gasteiger partial charge in [0.15, 0.2) is 0 Å². The molecule has 2 heteroatoms. The van der Waals surface area contributed by atoms with Gasteiger partial charge in [0.2, 0.25) is 0 Å². The molecule has 1 N–H and O–H groups in total. The molecule has 0 amide bonds. The molecule has 1 aliphatic heterocycles. The third kappa shape index (κ3) is 1.86. The molecule has 1 heterocycles. The van der Waals surface area contributed by atoms with Crippen LogP contribution in [-0.2, 0) is 0 Å². The Labute approximate surface area is 94.0 Å². The monoisotopic (exact) mass is 253 g/mol. The van der Waals surface area contributed by atoms with Gasteiger partial charge < -0.3 is 5.32 Å². The zero-order valence-electron chi connectivity index (χ0n) is 8.46. The van der Waals surface area contributed by atoms with E-state index >= 15 is 0 Å². The number of hydrogen-bond acceptors (Lipinski definition) is 1. The lowest BCUT2D eigenvalue weighted by Gasteiger charge is -2.19. The molecule has 0 aliphatic carbocycles. The minimum atomic E-state index is 0.661. The van der Waals surface area contributed by atoms with Gasteiger partial charge in [-0.15, -0.1) is 0 Å². The summed E-state index contributed by atoms with van der Waals surface area (Å²) in [5.41, 5.74) is 1.46. The molecule has 0 spiro atoms. The summed E-state index contributed by atoms with van der Waals surface area (Å²) in [6.45, 7) is 3.41. The van der Waals surface area contributed by atoms with Crippen LogP contribution in [0.1, 0.15) is 31.2 Å². The van der Waals surface area contributed by atoms with Crippen LogP contribution >= 0.6 is 15.9 Å². The lowest BCUT2D eigenvalue weighted by atomic mass is 9.91. The Kier molecular flexibility index (Phi) is 3.24. The Balaban J connectivity index is 2.26. The Hall–Kier alpha value is -0.340. The van der Waals surface area contributed by atoms with E-state index in [1.165, 1.54) is 22.9 Å². The maximum Gasteiger partial charge on any atom is 0.0210 e. The van der Waals surface area contributed by atoms with Crippen LogP contribution in [0.15, 0.2) is 28.7 Å². The molecule has 0 aromatic heterocycles. The fourth-order valence-corrected chi connectivity index (χ4v) is 2.92. The SMILES string of the molecule is CCC1NCCC1c1ccccc1Br. The van der Waals surface area contributed by atoms with Gasteiger partial charge in [-0.1, -0.05) is 41.1 Å². The van der Waals surface area contributed by atoms with Gasteiger partial charge in [0.25, 0.3) is 0 Å². The van der Waals surface area contributed by atoms with Crippen molar-refractivity contribution >= 4 is 15.9 Å². The van der Waals surface area contributed by atoms with E-state index in [4.69, 9.17) is 0 Å². The summed E-state index contributed by atoms with van der Waals surface area (Å²) >= 11 is 3.64.